The molecular weight excluding hydrogens is 609 g/mol. The van der Waals surface area contributed by atoms with E-state index in [1.54, 1.807) is 12.6 Å². The van der Waals surface area contributed by atoms with Crippen molar-refractivity contribution in [2.24, 2.45) is 0 Å². The molecule has 3 heterocycles. The molecule has 5 aromatic rings. The highest BCUT2D eigenvalue weighted by Crippen LogP contribution is 2.38. The zero-order valence-corrected chi connectivity index (χ0v) is 26.8. The smallest absolute Gasteiger partial charge is 0.257 e. The molecule has 0 unspecified atom stereocenters. The number of piperazine rings is 1. The van der Waals surface area contributed by atoms with Gasteiger partial charge in [-0.2, -0.15) is 5.26 Å². The van der Waals surface area contributed by atoms with Crippen molar-refractivity contribution in [1.29, 1.82) is 5.26 Å². The number of anilines is 4. The average Bonchev–Trinajstić information content (AvgIpc) is 3.60. The normalized spacial score (nSPS) is 14.2. The molecule has 2 aliphatic heterocycles. The molecule has 1 amide bonds. The lowest BCUT2D eigenvalue weighted by molar-refractivity contribution is 0.102. The average molecular weight is 643 g/mol. The van der Waals surface area contributed by atoms with E-state index in [0.717, 1.165) is 78.7 Å². The first-order chi connectivity index (χ1) is 23.1. The third-order valence-corrected chi connectivity index (χ3v) is 9.31. The van der Waals surface area contributed by atoms with Crippen LogP contribution in [0.5, 0.6) is 11.5 Å². The Morgan fingerprint density at radius 2 is 1.68 bits per heavy atom. The molecular formula is C37H34N6O3S. The molecule has 1 fully saturated rings. The van der Waals surface area contributed by atoms with Gasteiger partial charge < -0.3 is 25.0 Å². The number of nitriles is 1. The van der Waals surface area contributed by atoms with Crippen LogP contribution < -0.4 is 25.0 Å². The SMILES string of the molecule is COc1cc(-c2ccc3c(c2)Nc2ccc(CCN4CCN(c5ccc(C#N)cc5)CC4)cc2NC3=O)ccc1OCc1cscn1. The maximum atomic E-state index is 13.3. The van der Waals surface area contributed by atoms with Gasteiger partial charge in [0.15, 0.2) is 11.5 Å². The monoisotopic (exact) mass is 642 g/mol. The molecule has 2 N–H and O–H groups in total. The highest BCUT2D eigenvalue weighted by molar-refractivity contribution is 7.07. The number of fused-ring (bicyclic) bond motifs is 2. The second kappa shape index (κ2) is 13.5. The highest BCUT2D eigenvalue weighted by atomic mass is 32.1. The molecule has 0 aliphatic carbocycles. The van der Waals surface area contributed by atoms with Crippen LogP contribution in [0, 0.1) is 11.3 Å². The molecule has 9 nitrogen and oxygen atoms in total. The molecule has 47 heavy (non-hydrogen) atoms. The van der Waals surface area contributed by atoms with E-state index in [1.165, 1.54) is 16.9 Å². The summed E-state index contributed by atoms with van der Waals surface area (Å²) in [4.78, 5) is 22.4. The number of benzene rings is 4. The number of hydrogen-bond donors (Lipinski definition) is 2. The van der Waals surface area contributed by atoms with Crippen LogP contribution in [0.15, 0.2) is 89.8 Å². The van der Waals surface area contributed by atoms with Crippen LogP contribution >= 0.6 is 11.3 Å². The number of hydrogen-bond acceptors (Lipinski definition) is 9. The van der Waals surface area contributed by atoms with Gasteiger partial charge in [0.25, 0.3) is 5.91 Å². The van der Waals surface area contributed by atoms with Crippen molar-refractivity contribution in [3.63, 3.8) is 0 Å². The summed E-state index contributed by atoms with van der Waals surface area (Å²) in [5.74, 6) is 1.13. The van der Waals surface area contributed by atoms with Crippen LogP contribution in [0.3, 0.4) is 0 Å². The molecule has 7 rings (SSSR count). The van der Waals surface area contributed by atoms with Gasteiger partial charge in [-0.1, -0.05) is 18.2 Å². The number of ether oxygens (including phenoxy) is 2. The minimum Gasteiger partial charge on any atom is -0.493 e. The molecule has 236 valence electrons. The van der Waals surface area contributed by atoms with E-state index in [2.05, 4.69) is 43.6 Å². The summed E-state index contributed by atoms with van der Waals surface area (Å²) in [6, 6.07) is 27.9. The van der Waals surface area contributed by atoms with Crippen molar-refractivity contribution in [2.75, 3.05) is 55.4 Å². The standard InChI is InChI=1S/C37H34N6O3S/c1-45-36-20-28(6-11-35(36)46-22-29-23-47-24-39-29)27-5-9-31-33(19-27)40-32-10-4-25(18-34(32)41-37(31)44)12-13-42-14-16-43(17-15-42)30-7-2-26(21-38)3-8-30/h2-11,18-20,23-24,40H,12-17,22H2,1H3,(H,41,44). The molecule has 0 spiro atoms. The Bertz CT molecular complexity index is 1930. The van der Waals surface area contributed by atoms with Crippen LogP contribution in [0.1, 0.15) is 27.2 Å². The van der Waals surface area contributed by atoms with Crippen molar-refractivity contribution in [2.45, 2.75) is 13.0 Å². The Kier molecular flexibility index (Phi) is 8.73. The second-order valence-electron chi connectivity index (χ2n) is 11.6. The highest BCUT2D eigenvalue weighted by Gasteiger charge is 2.21. The van der Waals surface area contributed by atoms with Crippen molar-refractivity contribution in [1.82, 2.24) is 9.88 Å². The molecule has 1 saturated heterocycles. The predicted octanol–water partition coefficient (Wildman–Crippen LogP) is 6.94. The fourth-order valence-electron chi connectivity index (χ4n) is 6.01. The predicted molar refractivity (Wildman–Crippen MR) is 186 cm³/mol. The Morgan fingerprint density at radius 3 is 2.45 bits per heavy atom. The molecule has 2 aliphatic rings. The Balaban J connectivity index is 0.999. The summed E-state index contributed by atoms with van der Waals surface area (Å²) in [5, 5.41) is 17.6. The van der Waals surface area contributed by atoms with E-state index >= 15 is 0 Å². The summed E-state index contributed by atoms with van der Waals surface area (Å²) in [7, 11) is 1.63. The molecule has 0 radical (unpaired) electrons. The van der Waals surface area contributed by atoms with Crippen molar-refractivity contribution >= 4 is 40.0 Å². The van der Waals surface area contributed by atoms with Gasteiger partial charge in [0.05, 0.1) is 52.6 Å². The van der Waals surface area contributed by atoms with Crippen LogP contribution in [-0.2, 0) is 13.0 Å². The van der Waals surface area contributed by atoms with Gasteiger partial charge in [0, 0.05) is 43.8 Å². The number of rotatable bonds is 9. The second-order valence-corrected chi connectivity index (χ2v) is 12.3. The first-order valence-corrected chi connectivity index (χ1v) is 16.5. The van der Waals surface area contributed by atoms with Gasteiger partial charge in [-0.3, -0.25) is 9.69 Å². The third-order valence-electron chi connectivity index (χ3n) is 8.67. The minimum atomic E-state index is -0.141. The number of nitrogens with one attached hydrogen (secondary N) is 2. The van der Waals surface area contributed by atoms with Gasteiger partial charge >= 0.3 is 0 Å². The quantitative estimate of drug-likeness (QED) is 0.178. The van der Waals surface area contributed by atoms with Gasteiger partial charge in [0.1, 0.15) is 6.61 Å². The maximum absolute atomic E-state index is 13.3. The Labute approximate surface area is 278 Å². The lowest BCUT2D eigenvalue weighted by atomic mass is 10.0. The topological polar surface area (TPSA) is 103 Å². The van der Waals surface area contributed by atoms with E-state index in [-0.39, 0.29) is 5.91 Å². The van der Waals surface area contributed by atoms with Crippen LogP contribution in [-0.4, -0.2) is 55.6 Å². The number of carbonyl (C=O) groups is 1. The minimum absolute atomic E-state index is 0.141. The number of methoxy groups -OCH3 is 1. The summed E-state index contributed by atoms with van der Waals surface area (Å²) >= 11 is 1.54. The van der Waals surface area contributed by atoms with Gasteiger partial charge in [-0.25, -0.2) is 4.98 Å². The fraction of sp³-hybridized carbons (Fsp3) is 0.216. The van der Waals surface area contributed by atoms with Crippen LogP contribution in [0.4, 0.5) is 22.7 Å². The van der Waals surface area contributed by atoms with Gasteiger partial charge in [-0.05, 0) is 83.8 Å². The van der Waals surface area contributed by atoms with E-state index in [1.807, 2.05) is 72.1 Å². The van der Waals surface area contributed by atoms with Gasteiger partial charge in [0.2, 0.25) is 0 Å². The largest absolute Gasteiger partial charge is 0.493 e. The number of amides is 1. The number of thiazole rings is 1. The molecule has 0 bridgehead atoms. The van der Waals surface area contributed by atoms with E-state index < -0.39 is 0 Å². The van der Waals surface area contributed by atoms with E-state index in [0.29, 0.717) is 29.2 Å². The molecule has 4 aromatic carbocycles. The summed E-state index contributed by atoms with van der Waals surface area (Å²) in [6.07, 6.45) is 0.891. The Morgan fingerprint density at radius 1 is 0.872 bits per heavy atom. The summed E-state index contributed by atoms with van der Waals surface area (Å²) in [6.45, 7) is 5.19. The van der Waals surface area contributed by atoms with Crippen molar-refractivity contribution in [3.8, 4) is 28.7 Å². The van der Waals surface area contributed by atoms with Crippen molar-refractivity contribution in [3.05, 3.63) is 112 Å². The molecule has 1 aromatic heterocycles. The molecule has 0 saturated carbocycles. The van der Waals surface area contributed by atoms with E-state index in [9.17, 15) is 4.79 Å². The molecule has 0 atom stereocenters. The number of carbonyl (C=O) groups excluding carboxylic acids is 1. The van der Waals surface area contributed by atoms with Crippen LogP contribution in [0.2, 0.25) is 0 Å². The third kappa shape index (κ3) is 6.77. The zero-order chi connectivity index (χ0) is 32.2. The van der Waals surface area contributed by atoms with Gasteiger partial charge in [-0.15, -0.1) is 11.3 Å². The summed E-state index contributed by atoms with van der Waals surface area (Å²) in [5.41, 5.74) is 10.6. The first kappa shape index (κ1) is 30.3. The zero-order valence-electron chi connectivity index (χ0n) is 26.0. The lowest BCUT2D eigenvalue weighted by Gasteiger charge is -2.36. The fourth-order valence-corrected chi connectivity index (χ4v) is 6.55. The Hall–Kier alpha value is -5.37. The number of aromatic nitrogens is 1. The summed E-state index contributed by atoms with van der Waals surface area (Å²) < 4.78 is 11.6. The lowest BCUT2D eigenvalue weighted by Crippen LogP contribution is -2.47. The van der Waals surface area contributed by atoms with Crippen molar-refractivity contribution < 1.29 is 14.3 Å². The first-order valence-electron chi connectivity index (χ1n) is 15.6. The van der Waals surface area contributed by atoms with Crippen LogP contribution in [0.25, 0.3) is 11.1 Å². The van der Waals surface area contributed by atoms with E-state index in [4.69, 9.17) is 14.7 Å². The molecule has 10 heteroatoms. The maximum Gasteiger partial charge on any atom is 0.257 e. The number of nitrogens with zero attached hydrogens (tertiary/aromatic N) is 4.